The van der Waals surface area contributed by atoms with E-state index in [0.717, 1.165) is 30.5 Å². The van der Waals surface area contributed by atoms with Gasteiger partial charge in [0.1, 0.15) is 0 Å². The van der Waals surface area contributed by atoms with Gasteiger partial charge in [-0.15, -0.1) is 0 Å². The molecule has 0 saturated heterocycles. The van der Waals surface area contributed by atoms with Crippen molar-refractivity contribution in [3.05, 3.63) is 35.9 Å². The van der Waals surface area contributed by atoms with E-state index in [-0.39, 0.29) is 18.1 Å². The summed E-state index contributed by atoms with van der Waals surface area (Å²) in [4.78, 5) is 12.2. The second-order valence-corrected chi connectivity index (χ2v) is 5.79. The lowest BCUT2D eigenvalue weighted by molar-refractivity contribution is 0.213. The average Bonchev–Trinajstić information content (AvgIpc) is 3.17. The molecular weight excluding hydrogens is 280 g/mol. The topological polar surface area (TPSA) is 87.6 Å². The van der Waals surface area contributed by atoms with E-state index in [4.69, 9.17) is 0 Å². The summed E-state index contributed by atoms with van der Waals surface area (Å²) in [6, 6.07) is 2.15. The molecule has 1 aliphatic rings. The van der Waals surface area contributed by atoms with Gasteiger partial charge in [-0.1, -0.05) is 12.8 Å². The van der Waals surface area contributed by atoms with Gasteiger partial charge in [-0.25, -0.2) is 4.79 Å². The molecule has 2 aromatic heterocycles. The van der Waals surface area contributed by atoms with Gasteiger partial charge < -0.3 is 10.6 Å². The van der Waals surface area contributed by atoms with E-state index in [9.17, 15) is 4.79 Å². The first-order chi connectivity index (χ1) is 10.7. The number of nitrogens with one attached hydrogen (secondary N) is 3. The smallest absolute Gasteiger partial charge is 0.315 e. The van der Waals surface area contributed by atoms with Crippen LogP contribution in [-0.2, 0) is 6.54 Å². The number of urea groups is 1. The van der Waals surface area contributed by atoms with Crippen molar-refractivity contribution in [3.63, 3.8) is 0 Å². The fourth-order valence-corrected chi connectivity index (χ4v) is 3.02. The van der Waals surface area contributed by atoms with Crippen LogP contribution in [0.25, 0.3) is 0 Å². The molecule has 0 aliphatic heterocycles. The number of aromatic amines is 1. The Kier molecular flexibility index (Phi) is 4.41. The van der Waals surface area contributed by atoms with Crippen molar-refractivity contribution in [2.75, 3.05) is 0 Å². The number of rotatable bonds is 4. The van der Waals surface area contributed by atoms with Crippen LogP contribution in [-0.4, -0.2) is 32.1 Å². The van der Waals surface area contributed by atoms with Crippen molar-refractivity contribution in [2.24, 2.45) is 0 Å². The Morgan fingerprint density at radius 2 is 2.32 bits per heavy atom. The van der Waals surface area contributed by atoms with E-state index < -0.39 is 0 Å². The first kappa shape index (κ1) is 14.6. The highest BCUT2D eigenvalue weighted by molar-refractivity contribution is 5.74. The summed E-state index contributed by atoms with van der Waals surface area (Å²) in [5.74, 6) is 0. The van der Waals surface area contributed by atoms with Gasteiger partial charge in [0, 0.05) is 30.2 Å². The molecule has 0 spiro atoms. The van der Waals surface area contributed by atoms with E-state index in [1.807, 2.05) is 23.9 Å². The predicted molar refractivity (Wildman–Crippen MR) is 82.2 cm³/mol. The summed E-state index contributed by atoms with van der Waals surface area (Å²) in [5, 5.41) is 17.1. The minimum atomic E-state index is -0.135. The van der Waals surface area contributed by atoms with Crippen LogP contribution in [0, 0.1) is 6.92 Å². The van der Waals surface area contributed by atoms with Gasteiger partial charge in [0.15, 0.2) is 0 Å². The molecule has 1 saturated carbocycles. The minimum absolute atomic E-state index is 0.124. The van der Waals surface area contributed by atoms with Crippen LogP contribution in [0.4, 0.5) is 4.79 Å². The molecule has 0 radical (unpaired) electrons. The Hall–Kier alpha value is -2.31. The van der Waals surface area contributed by atoms with Gasteiger partial charge in [0.2, 0.25) is 0 Å². The summed E-state index contributed by atoms with van der Waals surface area (Å²) in [6.45, 7) is 2.42. The molecular formula is C15H22N6O. The van der Waals surface area contributed by atoms with Gasteiger partial charge >= 0.3 is 6.03 Å². The van der Waals surface area contributed by atoms with E-state index in [1.54, 1.807) is 12.4 Å². The first-order valence-electron chi connectivity index (χ1n) is 7.76. The van der Waals surface area contributed by atoms with Crippen molar-refractivity contribution in [1.29, 1.82) is 0 Å². The standard InChI is InChI=1S/C15H22N6O/c1-11-12(10-17-20-11)9-16-15(22)19-13-5-2-3-6-14(13)21-8-4-7-18-21/h4,7-8,10,13-14H,2-3,5-6,9H2,1H3,(H,17,20)(H2,16,19,22). The molecule has 3 rings (SSSR count). The van der Waals surface area contributed by atoms with Crippen molar-refractivity contribution in [3.8, 4) is 0 Å². The van der Waals surface area contributed by atoms with Gasteiger partial charge in [-0.3, -0.25) is 9.78 Å². The number of aryl methyl sites for hydroxylation is 1. The van der Waals surface area contributed by atoms with Crippen LogP contribution in [0.3, 0.4) is 0 Å². The monoisotopic (exact) mass is 302 g/mol. The summed E-state index contributed by atoms with van der Waals surface area (Å²) in [7, 11) is 0. The van der Waals surface area contributed by atoms with Crippen LogP contribution in [0.5, 0.6) is 0 Å². The largest absolute Gasteiger partial charge is 0.334 e. The van der Waals surface area contributed by atoms with E-state index in [0.29, 0.717) is 6.54 Å². The quantitative estimate of drug-likeness (QED) is 0.806. The molecule has 1 fully saturated rings. The maximum Gasteiger partial charge on any atom is 0.315 e. The van der Waals surface area contributed by atoms with E-state index in [1.165, 1.54) is 6.42 Å². The zero-order valence-electron chi connectivity index (χ0n) is 12.7. The summed E-state index contributed by atoms with van der Waals surface area (Å²) in [6.07, 6.45) is 9.85. The number of H-pyrrole nitrogens is 1. The SMILES string of the molecule is Cc1[nH]ncc1CNC(=O)NC1CCCCC1n1cccn1. The zero-order chi connectivity index (χ0) is 15.4. The number of nitrogens with zero attached hydrogens (tertiary/aromatic N) is 3. The summed E-state index contributed by atoms with van der Waals surface area (Å²) >= 11 is 0. The van der Waals surface area contributed by atoms with Gasteiger partial charge in [-0.05, 0) is 25.8 Å². The second kappa shape index (κ2) is 6.64. The third-order valence-corrected chi connectivity index (χ3v) is 4.28. The summed E-state index contributed by atoms with van der Waals surface area (Å²) in [5.41, 5.74) is 1.98. The van der Waals surface area contributed by atoms with Gasteiger partial charge in [-0.2, -0.15) is 10.2 Å². The molecule has 7 heteroatoms. The number of carbonyl (C=O) groups excluding carboxylic acids is 1. The lowest BCUT2D eigenvalue weighted by Gasteiger charge is -2.32. The summed E-state index contributed by atoms with van der Waals surface area (Å²) < 4.78 is 1.96. The molecule has 1 aliphatic carbocycles. The highest BCUT2D eigenvalue weighted by Gasteiger charge is 2.28. The second-order valence-electron chi connectivity index (χ2n) is 5.79. The molecule has 2 amide bonds. The maximum atomic E-state index is 12.2. The number of carbonyl (C=O) groups is 1. The molecule has 118 valence electrons. The Morgan fingerprint density at radius 1 is 1.45 bits per heavy atom. The first-order valence-corrected chi connectivity index (χ1v) is 7.76. The number of amides is 2. The Labute approximate surface area is 129 Å². The van der Waals surface area contributed by atoms with E-state index in [2.05, 4.69) is 25.9 Å². The molecule has 0 aromatic carbocycles. The normalized spacial score (nSPS) is 21.5. The lowest BCUT2D eigenvalue weighted by atomic mass is 9.90. The lowest BCUT2D eigenvalue weighted by Crippen LogP contribution is -2.47. The molecule has 3 N–H and O–H groups in total. The van der Waals surface area contributed by atoms with Crippen LogP contribution >= 0.6 is 0 Å². The number of aromatic nitrogens is 4. The third-order valence-electron chi connectivity index (χ3n) is 4.28. The predicted octanol–water partition coefficient (Wildman–Crippen LogP) is 1.90. The van der Waals surface area contributed by atoms with Crippen LogP contribution in [0.2, 0.25) is 0 Å². The third kappa shape index (κ3) is 3.29. The number of hydrogen-bond donors (Lipinski definition) is 3. The highest BCUT2D eigenvalue weighted by atomic mass is 16.2. The fraction of sp³-hybridized carbons (Fsp3) is 0.533. The molecule has 2 unspecified atom stereocenters. The van der Waals surface area contributed by atoms with Crippen molar-refractivity contribution < 1.29 is 4.79 Å². The molecule has 7 nitrogen and oxygen atoms in total. The fourth-order valence-electron chi connectivity index (χ4n) is 3.02. The molecule has 2 atom stereocenters. The van der Waals surface area contributed by atoms with Crippen LogP contribution in [0.1, 0.15) is 43.0 Å². The van der Waals surface area contributed by atoms with Crippen molar-refractivity contribution >= 4 is 6.03 Å². The number of hydrogen-bond acceptors (Lipinski definition) is 3. The zero-order valence-corrected chi connectivity index (χ0v) is 12.7. The minimum Gasteiger partial charge on any atom is -0.334 e. The Morgan fingerprint density at radius 3 is 3.05 bits per heavy atom. The Balaban J connectivity index is 1.56. The molecule has 2 heterocycles. The van der Waals surface area contributed by atoms with Gasteiger partial charge in [0.25, 0.3) is 0 Å². The van der Waals surface area contributed by atoms with E-state index >= 15 is 0 Å². The van der Waals surface area contributed by atoms with Gasteiger partial charge in [0.05, 0.1) is 18.3 Å². The van der Waals surface area contributed by atoms with Crippen LogP contribution < -0.4 is 10.6 Å². The highest BCUT2D eigenvalue weighted by Crippen LogP contribution is 2.27. The maximum absolute atomic E-state index is 12.2. The van der Waals surface area contributed by atoms with Crippen molar-refractivity contribution in [2.45, 2.75) is 51.2 Å². The van der Waals surface area contributed by atoms with Crippen molar-refractivity contribution in [1.82, 2.24) is 30.6 Å². The molecule has 0 bridgehead atoms. The van der Waals surface area contributed by atoms with Crippen LogP contribution in [0.15, 0.2) is 24.7 Å². The Bertz CT molecular complexity index is 605. The average molecular weight is 302 g/mol. The molecule has 2 aromatic rings. The molecule has 22 heavy (non-hydrogen) atoms.